The highest BCUT2D eigenvalue weighted by molar-refractivity contribution is 6.35. The van der Waals surface area contributed by atoms with Gasteiger partial charge in [-0.05, 0) is 42.8 Å². The average Bonchev–Trinajstić information content (AvgIpc) is 3.28. The zero-order chi connectivity index (χ0) is 20.3. The first-order valence-corrected chi connectivity index (χ1v) is 10.1. The lowest BCUT2D eigenvalue weighted by molar-refractivity contribution is 0.635. The highest BCUT2D eigenvalue weighted by Gasteiger charge is 2.22. The number of aromatic amines is 2. The van der Waals surface area contributed by atoms with Crippen molar-refractivity contribution in [2.24, 2.45) is 0 Å². The summed E-state index contributed by atoms with van der Waals surface area (Å²) in [6, 6.07) is 12.8. The van der Waals surface area contributed by atoms with Gasteiger partial charge in [-0.25, -0.2) is 4.39 Å². The van der Waals surface area contributed by atoms with Crippen LogP contribution < -0.4 is 0 Å². The maximum absolute atomic E-state index is 15.9. The number of hydrogen-bond acceptors (Lipinski definition) is 0. The predicted molar refractivity (Wildman–Crippen MR) is 121 cm³/mol. The molecule has 0 aliphatic rings. The Hall–Kier alpha value is -2.46. The van der Waals surface area contributed by atoms with Gasteiger partial charge in [-0.15, -0.1) is 0 Å². The third-order valence-electron chi connectivity index (χ3n) is 5.23. The maximum atomic E-state index is 15.9. The molecule has 5 rings (SSSR count). The number of fused-ring (bicyclic) bond motifs is 2. The lowest BCUT2D eigenvalue weighted by Crippen LogP contribution is -1.93. The van der Waals surface area contributed by atoms with Gasteiger partial charge in [0.25, 0.3) is 0 Å². The van der Waals surface area contributed by atoms with Gasteiger partial charge in [0, 0.05) is 66.5 Å². The second-order valence-electron chi connectivity index (χ2n) is 7.03. The molecule has 29 heavy (non-hydrogen) atoms. The molecule has 0 aliphatic carbocycles. The highest BCUT2D eigenvalue weighted by atomic mass is 35.5. The molecule has 6 heteroatoms. The van der Waals surface area contributed by atoms with Gasteiger partial charge in [0.2, 0.25) is 0 Å². The summed E-state index contributed by atoms with van der Waals surface area (Å²) in [5.41, 5.74) is 4.79. The van der Waals surface area contributed by atoms with Gasteiger partial charge < -0.3 is 9.97 Å². The SMILES string of the molecule is Cc1cc(-c2c[nH]c3cc(Cl)ccc23)c(F)c(-c2c[nH]c3cc(Cl)ccc23)c1Cl. The van der Waals surface area contributed by atoms with Crippen LogP contribution in [0, 0.1) is 12.7 Å². The van der Waals surface area contributed by atoms with E-state index in [1.165, 1.54) is 0 Å². The molecule has 2 nitrogen and oxygen atoms in total. The van der Waals surface area contributed by atoms with Crippen LogP contribution in [0.1, 0.15) is 5.56 Å². The molecular weight excluding hydrogens is 430 g/mol. The van der Waals surface area contributed by atoms with Crippen LogP contribution in [0.3, 0.4) is 0 Å². The fourth-order valence-electron chi connectivity index (χ4n) is 3.83. The molecule has 2 heterocycles. The molecule has 144 valence electrons. The van der Waals surface area contributed by atoms with Crippen LogP contribution in [0.5, 0.6) is 0 Å². The quantitative estimate of drug-likeness (QED) is 0.274. The van der Waals surface area contributed by atoms with E-state index in [9.17, 15) is 0 Å². The molecular formula is C23H14Cl3FN2. The van der Waals surface area contributed by atoms with Crippen LogP contribution in [0.4, 0.5) is 4.39 Å². The molecule has 2 N–H and O–H groups in total. The molecule has 0 bridgehead atoms. The fourth-order valence-corrected chi connectivity index (χ4v) is 4.41. The van der Waals surface area contributed by atoms with Gasteiger partial charge >= 0.3 is 0 Å². The van der Waals surface area contributed by atoms with Crippen molar-refractivity contribution in [2.45, 2.75) is 6.92 Å². The third-order valence-corrected chi connectivity index (χ3v) is 6.19. The molecule has 0 atom stereocenters. The Morgan fingerprint density at radius 2 is 1.28 bits per heavy atom. The Balaban J connectivity index is 1.80. The predicted octanol–water partition coefficient (Wildman–Crippen LogP) is 8.39. The van der Waals surface area contributed by atoms with Gasteiger partial charge in [0.05, 0.1) is 5.02 Å². The summed E-state index contributed by atoms with van der Waals surface area (Å²) in [5, 5.41) is 3.38. The van der Waals surface area contributed by atoms with Crippen molar-refractivity contribution in [1.29, 1.82) is 0 Å². The minimum Gasteiger partial charge on any atom is -0.360 e. The van der Waals surface area contributed by atoms with Crippen LogP contribution in [0.2, 0.25) is 15.1 Å². The lowest BCUT2D eigenvalue weighted by atomic mass is 9.95. The second kappa shape index (κ2) is 6.81. The third kappa shape index (κ3) is 2.93. The molecule has 5 aromatic rings. The van der Waals surface area contributed by atoms with Crippen LogP contribution >= 0.6 is 34.8 Å². The first-order chi connectivity index (χ1) is 13.9. The van der Waals surface area contributed by atoms with E-state index in [1.807, 2.05) is 31.2 Å². The standard InChI is InChI=1S/C23H14Cl3FN2/c1-11-6-16(17-9-28-19-7-12(24)2-4-14(17)19)23(27)21(22(11)26)18-10-29-20-8-13(25)3-5-15(18)20/h2-10,28-29H,1H3. The minimum absolute atomic E-state index is 0.368. The number of aryl methyl sites for hydroxylation is 1. The van der Waals surface area contributed by atoms with Crippen molar-refractivity contribution in [1.82, 2.24) is 9.97 Å². The molecule has 0 fully saturated rings. The smallest absolute Gasteiger partial charge is 0.140 e. The summed E-state index contributed by atoms with van der Waals surface area (Å²) in [6.45, 7) is 1.88. The summed E-state index contributed by atoms with van der Waals surface area (Å²) in [5.74, 6) is -0.368. The number of H-pyrrole nitrogens is 2. The molecule has 0 unspecified atom stereocenters. The van der Waals surface area contributed by atoms with E-state index in [4.69, 9.17) is 34.8 Å². The average molecular weight is 444 g/mol. The summed E-state index contributed by atoms with van der Waals surface area (Å²) < 4.78 is 15.9. The fraction of sp³-hybridized carbons (Fsp3) is 0.0435. The van der Waals surface area contributed by atoms with E-state index in [-0.39, 0.29) is 5.82 Å². The highest BCUT2D eigenvalue weighted by Crippen LogP contribution is 2.43. The molecule has 0 saturated carbocycles. The van der Waals surface area contributed by atoms with Crippen LogP contribution in [0.25, 0.3) is 44.1 Å². The lowest BCUT2D eigenvalue weighted by Gasteiger charge is -2.13. The van der Waals surface area contributed by atoms with Gasteiger partial charge in [-0.1, -0.05) is 46.9 Å². The summed E-state index contributed by atoms with van der Waals surface area (Å²) >= 11 is 18.8. The zero-order valence-corrected chi connectivity index (χ0v) is 17.5. The van der Waals surface area contributed by atoms with Crippen molar-refractivity contribution in [2.75, 3.05) is 0 Å². The molecule has 0 aliphatic heterocycles. The first-order valence-electron chi connectivity index (χ1n) is 8.96. The summed E-state index contributed by atoms with van der Waals surface area (Å²) in [4.78, 5) is 6.33. The molecule has 2 aromatic heterocycles. The van der Waals surface area contributed by atoms with Crippen molar-refractivity contribution in [3.05, 3.63) is 81.3 Å². The van der Waals surface area contributed by atoms with E-state index in [0.717, 1.165) is 32.9 Å². The molecule has 0 amide bonds. The molecule has 3 aromatic carbocycles. The Kier molecular flexibility index (Phi) is 4.36. The van der Waals surface area contributed by atoms with Gasteiger partial charge in [0.15, 0.2) is 0 Å². The van der Waals surface area contributed by atoms with Gasteiger partial charge in [0.1, 0.15) is 5.82 Å². The molecule has 0 spiro atoms. The number of nitrogens with one attached hydrogen (secondary N) is 2. The Bertz CT molecular complexity index is 1420. The van der Waals surface area contributed by atoms with Crippen LogP contribution in [0.15, 0.2) is 54.9 Å². The monoisotopic (exact) mass is 442 g/mol. The number of hydrogen-bond donors (Lipinski definition) is 2. The first kappa shape index (κ1) is 18.6. The number of halogens is 4. The second-order valence-corrected chi connectivity index (χ2v) is 8.28. The minimum atomic E-state index is -0.368. The largest absolute Gasteiger partial charge is 0.360 e. The normalized spacial score (nSPS) is 11.6. The van der Waals surface area contributed by atoms with Crippen molar-refractivity contribution in [3.8, 4) is 22.3 Å². The van der Waals surface area contributed by atoms with Crippen molar-refractivity contribution in [3.63, 3.8) is 0 Å². The molecule has 0 saturated heterocycles. The van der Waals surface area contributed by atoms with Gasteiger partial charge in [-0.3, -0.25) is 0 Å². The Morgan fingerprint density at radius 3 is 1.90 bits per heavy atom. The van der Waals surface area contributed by atoms with E-state index >= 15 is 4.39 Å². The Morgan fingerprint density at radius 1 is 0.724 bits per heavy atom. The van der Waals surface area contributed by atoms with E-state index in [2.05, 4.69) is 9.97 Å². The number of rotatable bonds is 2. The maximum Gasteiger partial charge on any atom is 0.140 e. The van der Waals surface area contributed by atoms with E-state index < -0.39 is 0 Å². The van der Waals surface area contributed by atoms with E-state index in [1.54, 1.807) is 30.6 Å². The van der Waals surface area contributed by atoms with Crippen molar-refractivity contribution >= 4 is 56.6 Å². The summed E-state index contributed by atoms with van der Waals surface area (Å²) in [6.07, 6.45) is 3.56. The number of benzene rings is 3. The number of aromatic nitrogens is 2. The zero-order valence-electron chi connectivity index (χ0n) is 15.2. The summed E-state index contributed by atoms with van der Waals surface area (Å²) in [7, 11) is 0. The van der Waals surface area contributed by atoms with Crippen molar-refractivity contribution < 1.29 is 4.39 Å². The topological polar surface area (TPSA) is 31.6 Å². The van der Waals surface area contributed by atoms with Gasteiger partial charge in [-0.2, -0.15) is 0 Å². The van der Waals surface area contributed by atoms with Crippen LogP contribution in [-0.4, -0.2) is 9.97 Å². The van der Waals surface area contributed by atoms with E-state index in [0.29, 0.717) is 31.8 Å². The Labute approximate surface area is 181 Å². The van der Waals surface area contributed by atoms with Crippen LogP contribution in [-0.2, 0) is 0 Å². The molecule has 0 radical (unpaired) electrons.